The molecule has 2 atom stereocenters. The van der Waals surface area contributed by atoms with E-state index < -0.39 is 0 Å². The fourth-order valence-electron chi connectivity index (χ4n) is 4.30. The zero-order chi connectivity index (χ0) is 17.1. The van der Waals surface area contributed by atoms with Crippen molar-refractivity contribution in [2.45, 2.75) is 44.3 Å². The van der Waals surface area contributed by atoms with Crippen LogP contribution in [0.2, 0.25) is 0 Å². The maximum absolute atomic E-state index is 12.9. The van der Waals surface area contributed by atoms with Crippen LogP contribution in [0.15, 0.2) is 48.9 Å². The van der Waals surface area contributed by atoms with E-state index in [0.29, 0.717) is 17.8 Å². The SMILES string of the molecule is O=C(c1cnccn1)N1CCC[C@@H]1[C@@H]1CCCN1Cc1ccccc1. The third-order valence-electron chi connectivity index (χ3n) is 5.43. The lowest BCUT2D eigenvalue weighted by Crippen LogP contribution is -2.48. The van der Waals surface area contributed by atoms with Crippen molar-refractivity contribution in [2.24, 2.45) is 0 Å². The molecule has 0 N–H and O–H groups in total. The highest BCUT2D eigenvalue weighted by Gasteiger charge is 2.40. The molecule has 0 spiro atoms. The van der Waals surface area contributed by atoms with Gasteiger partial charge in [-0.3, -0.25) is 14.7 Å². The Labute approximate surface area is 148 Å². The Bertz CT molecular complexity index is 706. The Morgan fingerprint density at radius 2 is 1.84 bits per heavy atom. The molecule has 5 heteroatoms. The van der Waals surface area contributed by atoms with E-state index in [2.05, 4.69) is 45.2 Å². The largest absolute Gasteiger partial charge is 0.333 e. The summed E-state index contributed by atoms with van der Waals surface area (Å²) in [4.78, 5) is 25.7. The highest BCUT2D eigenvalue weighted by Crippen LogP contribution is 2.31. The minimum absolute atomic E-state index is 0.0298. The topological polar surface area (TPSA) is 49.3 Å². The molecule has 4 rings (SSSR count). The van der Waals surface area contributed by atoms with Gasteiger partial charge in [0.1, 0.15) is 5.69 Å². The molecule has 0 saturated carbocycles. The van der Waals surface area contributed by atoms with Crippen molar-refractivity contribution in [3.8, 4) is 0 Å². The number of nitrogens with zero attached hydrogens (tertiary/aromatic N) is 4. The molecule has 2 saturated heterocycles. The Kier molecular flexibility index (Phi) is 4.74. The number of rotatable bonds is 4. The van der Waals surface area contributed by atoms with E-state index in [-0.39, 0.29) is 5.91 Å². The van der Waals surface area contributed by atoms with Gasteiger partial charge < -0.3 is 4.90 Å². The fraction of sp³-hybridized carbons (Fsp3) is 0.450. The Morgan fingerprint density at radius 3 is 2.64 bits per heavy atom. The zero-order valence-corrected chi connectivity index (χ0v) is 14.4. The normalized spacial score (nSPS) is 23.9. The minimum atomic E-state index is 0.0298. The monoisotopic (exact) mass is 336 g/mol. The van der Waals surface area contributed by atoms with Crippen molar-refractivity contribution in [1.82, 2.24) is 19.8 Å². The Morgan fingerprint density at radius 1 is 1.04 bits per heavy atom. The predicted molar refractivity (Wildman–Crippen MR) is 96.0 cm³/mol. The first kappa shape index (κ1) is 16.2. The standard InChI is InChI=1S/C20H24N4O/c25-20(17-14-21-10-11-22-17)24-13-5-9-19(24)18-8-4-12-23(18)15-16-6-2-1-3-7-16/h1-3,6-7,10-11,14,18-19H,4-5,8-9,12-13,15H2/t18-,19+/m0/s1. The quantitative estimate of drug-likeness (QED) is 0.861. The number of hydrogen-bond acceptors (Lipinski definition) is 4. The van der Waals surface area contributed by atoms with Crippen LogP contribution in [0.4, 0.5) is 0 Å². The van der Waals surface area contributed by atoms with Crippen molar-refractivity contribution in [2.75, 3.05) is 13.1 Å². The predicted octanol–water partition coefficient (Wildman–Crippen LogP) is 2.75. The Balaban J connectivity index is 1.50. The van der Waals surface area contributed by atoms with Gasteiger partial charge in [0.25, 0.3) is 5.91 Å². The van der Waals surface area contributed by atoms with Gasteiger partial charge in [-0.1, -0.05) is 30.3 Å². The third-order valence-corrected chi connectivity index (χ3v) is 5.43. The maximum Gasteiger partial charge on any atom is 0.274 e. The number of aromatic nitrogens is 2. The molecule has 1 amide bonds. The second-order valence-corrected chi connectivity index (χ2v) is 6.96. The Hall–Kier alpha value is -2.27. The maximum atomic E-state index is 12.9. The van der Waals surface area contributed by atoms with Crippen molar-refractivity contribution in [3.63, 3.8) is 0 Å². The lowest BCUT2D eigenvalue weighted by Gasteiger charge is -2.35. The van der Waals surface area contributed by atoms with Gasteiger partial charge >= 0.3 is 0 Å². The van der Waals surface area contributed by atoms with Crippen LogP contribution in [0.3, 0.4) is 0 Å². The summed E-state index contributed by atoms with van der Waals surface area (Å²) >= 11 is 0. The molecule has 0 aliphatic carbocycles. The number of carbonyl (C=O) groups is 1. The van der Waals surface area contributed by atoms with Crippen LogP contribution in [-0.4, -0.2) is 50.8 Å². The van der Waals surface area contributed by atoms with Crippen molar-refractivity contribution >= 4 is 5.91 Å². The molecule has 130 valence electrons. The van der Waals surface area contributed by atoms with Gasteiger partial charge in [0.15, 0.2) is 0 Å². The molecule has 2 aromatic rings. The molecule has 0 unspecified atom stereocenters. The third kappa shape index (κ3) is 3.42. The van der Waals surface area contributed by atoms with E-state index in [9.17, 15) is 4.79 Å². The molecule has 2 aliphatic rings. The van der Waals surface area contributed by atoms with Crippen molar-refractivity contribution < 1.29 is 4.79 Å². The first-order chi connectivity index (χ1) is 12.3. The summed E-state index contributed by atoms with van der Waals surface area (Å²) in [7, 11) is 0. The summed E-state index contributed by atoms with van der Waals surface area (Å²) in [5.41, 5.74) is 1.81. The molecule has 0 radical (unpaired) electrons. The van der Waals surface area contributed by atoms with Crippen LogP contribution in [0.5, 0.6) is 0 Å². The van der Waals surface area contributed by atoms with Gasteiger partial charge in [-0.15, -0.1) is 0 Å². The molecular formula is C20H24N4O. The van der Waals surface area contributed by atoms with E-state index >= 15 is 0 Å². The van der Waals surface area contributed by atoms with Crippen LogP contribution in [-0.2, 0) is 6.54 Å². The number of amides is 1. The fourth-order valence-corrected chi connectivity index (χ4v) is 4.30. The molecular weight excluding hydrogens is 312 g/mol. The first-order valence-corrected chi connectivity index (χ1v) is 9.18. The van der Waals surface area contributed by atoms with Gasteiger partial charge in [0, 0.05) is 37.6 Å². The van der Waals surface area contributed by atoms with E-state index in [1.165, 1.54) is 18.4 Å². The zero-order valence-electron chi connectivity index (χ0n) is 14.4. The lowest BCUT2D eigenvalue weighted by atomic mass is 10.0. The summed E-state index contributed by atoms with van der Waals surface area (Å²) < 4.78 is 0. The molecule has 1 aromatic heterocycles. The summed E-state index contributed by atoms with van der Waals surface area (Å²) in [5, 5.41) is 0. The summed E-state index contributed by atoms with van der Waals surface area (Å²) in [6.45, 7) is 2.91. The highest BCUT2D eigenvalue weighted by molar-refractivity contribution is 5.92. The number of likely N-dealkylation sites (tertiary alicyclic amines) is 2. The van der Waals surface area contributed by atoms with Crippen LogP contribution < -0.4 is 0 Å². The minimum Gasteiger partial charge on any atom is -0.333 e. The number of hydrogen-bond donors (Lipinski definition) is 0. The molecule has 3 heterocycles. The van der Waals surface area contributed by atoms with Crippen LogP contribution in [0, 0.1) is 0 Å². The van der Waals surface area contributed by atoms with Crippen LogP contribution >= 0.6 is 0 Å². The summed E-state index contributed by atoms with van der Waals surface area (Å²) in [6.07, 6.45) is 9.32. The molecule has 2 aliphatic heterocycles. The van der Waals surface area contributed by atoms with Crippen LogP contribution in [0.25, 0.3) is 0 Å². The second kappa shape index (κ2) is 7.31. The number of benzene rings is 1. The van der Waals surface area contributed by atoms with Gasteiger partial charge in [-0.05, 0) is 37.8 Å². The summed E-state index contributed by atoms with van der Waals surface area (Å²) in [5.74, 6) is 0.0298. The smallest absolute Gasteiger partial charge is 0.274 e. The molecule has 1 aromatic carbocycles. The lowest BCUT2D eigenvalue weighted by molar-refractivity contribution is 0.0633. The van der Waals surface area contributed by atoms with E-state index in [1.807, 2.05) is 4.90 Å². The van der Waals surface area contributed by atoms with Gasteiger partial charge in [0.2, 0.25) is 0 Å². The molecule has 25 heavy (non-hydrogen) atoms. The molecule has 2 fully saturated rings. The summed E-state index contributed by atoms with van der Waals surface area (Å²) in [6, 6.07) is 11.4. The van der Waals surface area contributed by atoms with E-state index in [0.717, 1.165) is 32.5 Å². The number of carbonyl (C=O) groups excluding carboxylic acids is 1. The van der Waals surface area contributed by atoms with Gasteiger partial charge in [-0.2, -0.15) is 0 Å². The first-order valence-electron chi connectivity index (χ1n) is 9.18. The van der Waals surface area contributed by atoms with Gasteiger partial charge in [0.05, 0.1) is 6.20 Å². The second-order valence-electron chi connectivity index (χ2n) is 6.96. The average molecular weight is 336 g/mol. The van der Waals surface area contributed by atoms with E-state index in [4.69, 9.17) is 0 Å². The van der Waals surface area contributed by atoms with Crippen molar-refractivity contribution in [3.05, 3.63) is 60.2 Å². The van der Waals surface area contributed by atoms with Crippen molar-refractivity contribution in [1.29, 1.82) is 0 Å². The highest BCUT2D eigenvalue weighted by atomic mass is 16.2. The van der Waals surface area contributed by atoms with E-state index in [1.54, 1.807) is 18.6 Å². The molecule has 5 nitrogen and oxygen atoms in total. The van der Waals surface area contributed by atoms with Crippen LogP contribution in [0.1, 0.15) is 41.7 Å². The molecule has 0 bridgehead atoms. The average Bonchev–Trinajstić information content (AvgIpc) is 3.31. The van der Waals surface area contributed by atoms with Gasteiger partial charge in [-0.25, -0.2) is 4.98 Å².